The van der Waals surface area contributed by atoms with Crippen LogP contribution >= 0.6 is 0 Å². The lowest BCUT2D eigenvalue weighted by atomic mass is 9.49. The van der Waals surface area contributed by atoms with Gasteiger partial charge in [-0.1, -0.05) is 44.2 Å². The number of hydrogen-bond acceptors (Lipinski definition) is 2. The van der Waals surface area contributed by atoms with Crippen molar-refractivity contribution in [3.63, 3.8) is 0 Å². The van der Waals surface area contributed by atoms with Gasteiger partial charge in [-0.05, 0) is 96.1 Å². The maximum Gasteiger partial charge on any atom is 0.0522 e. The maximum atomic E-state index is 10.5. The first-order valence-electron chi connectivity index (χ1n) is 12.8. The molecule has 174 valence electrons. The molecule has 2 saturated carbocycles. The lowest BCUT2D eigenvalue weighted by molar-refractivity contribution is -0.0621. The van der Waals surface area contributed by atoms with Crippen LogP contribution in [0.4, 0.5) is 0 Å². The van der Waals surface area contributed by atoms with Crippen LogP contribution in [0.25, 0.3) is 10.9 Å². The van der Waals surface area contributed by atoms with Crippen molar-refractivity contribution < 1.29 is 5.11 Å². The summed E-state index contributed by atoms with van der Waals surface area (Å²) >= 11 is 0. The maximum absolute atomic E-state index is 10.5. The summed E-state index contributed by atoms with van der Waals surface area (Å²) in [7, 11) is 0. The van der Waals surface area contributed by atoms with Crippen LogP contribution < -0.4 is 0 Å². The van der Waals surface area contributed by atoms with Gasteiger partial charge in [0.2, 0.25) is 0 Å². The fourth-order valence-corrected chi connectivity index (χ4v) is 8.20. The fourth-order valence-electron chi connectivity index (χ4n) is 8.20. The summed E-state index contributed by atoms with van der Waals surface area (Å²) in [6.07, 6.45) is 11.1. The Hall–Kier alpha value is -2.33. The van der Waals surface area contributed by atoms with Crippen molar-refractivity contribution in [2.45, 2.75) is 58.9 Å². The number of aromatic nitrogens is 3. The predicted molar refractivity (Wildman–Crippen MR) is 133 cm³/mol. The van der Waals surface area contributed by atoms with E-state index in [1.807, 2.05) is 6.20 Å². The van der Waals surface area contributed by atoms with Gasteiger partial charge in [-0.25, -0.2) is 0 Å². The van der Waals surface area contributed by atoms with E-state index in [1.54, 1.807) is 0 Å². The number of aliphatic hydroxyl groups is 1. The standard InChI is InChI=1S/C29H37N3O/c1-19-8-9-24-23(17-32-13-11-20-6-4-5-7-27(20)32)25(10-12-28(19,24)2)29(3)15-21-16-30-31-26(21)14-22(29)18-33/h4-7,11,13,16,22-25,33H,1,8-10,12,14-15,17-18H2,2-3H3,(H,30,31)/t22-,23+,24+,25+,28-,29+/m1/s1. The van der Waals surface area contributed by atoms with E-state index in [0.717, 1.165) is 19.4 Å². The van der Waals surface area contributed by atoms with Gasteiger partial charge in [-0.15, -0.1) is 0 Å². The molecule has 3 aromatic rings. The molecule has 0 aliphatic heterocycles. The van der Waals surface area contributed by atoms with Crippen LogP contribution in [-0.4, -0.2) is 26.5 Å². The molecule has 0 unspecified atom stereocenters. The van der Waals surface area contributed by atoms with Gasteiger partial charge in [-0.2, -0.15) is 5.10 Å². The van der Waals surface area contributed by atoms with E-state index in [1.165, 1.54) is 53.4 Å². The monoisotopic (exact) mass is 443 g/mol. The highest BCUT2D eigenvalue weighted by Crippen LogP contribution is 2.63. The summed E-state index contributed by atoms with van der Waals surface area (Å²) in [5, 5.41) is 19.4. The summed E-state index contributed by atoms with van der Waals surface area (Å²) < 4.78 is 2.50. The molecule has 33 heavy (non-hydrogen) atoms. The number of aromatic amines is 1. The predicted octanol–water partition coefficient (Wildman–Crippen LogP) is 5.78. The molecule has 0 amide bonds. The zero-order valence-electron chi connectivity index (χ0n) is 20.1. The van der Waals surface area contributed by atoms with Crippen LogP contribution in [0.3, 0.4) is 0 Å². The number of hydrogen-bond donors (Lipinski definition) is 2. The lowest BCUT2D eigenvalue weighted by Gasteiger charge is -2.56. The number of para-hydroxylation sites is 1. The van der Waals surface area contributed by atoms with Crippen molar-refractivity contribution >= 4 is 10.9 Å². The summed E-state index contributed by atoms with van der Waals surface area (Å²) in [5.41, 5.74) is 5.73. The highest BCUT2D eigenvalue weighted by Gasteiger charge is 2.56. The minimum atomic E-state index is 0.0739. The number of aliphatic hydroxyl groups excluding tert-OH is 1. The third-order valence-corrected chi connectivity index (χ3v) is 10.3. The second-order valence-corrected chi connectivity index (χ2v) is 11.6. The largest absolute Gasteiger partial charge is 0.396 e. The average Bonchev–Trinajstić information content (AvgIpc) is 3.51. The fraction of sp³-hybridized carbons (Fsp3) is 0.552. The number of nitrogens with one attached hydrogen (secondary N) is 1. The molecule has 0 bridgehead atoms. The van der Waals surface area contributed by atoms with Crippen molar-refractivity contribution in [3.8, 4) is 0 Å². The van der Waals surface area contributed by atoms with Crippen LogP contribution in [0.1, 0.15) is 50.8 Å². The Morgan fingerprint density at radius 1 is 1.18 bits per heavy atom. The van der Waals surface area contributed by atoms with E-state index < -0.39 is 0 Å². The van der Waals surface area contributed by atoms with Gasteiger partial charge in [0.1, 0.15) is 0 Å². The molecular weight excluding hydrogens is 406 g/mol. The molecule has 2 N–H and O–H groups in total. The van der Waals surface area contributed by atoms with Crippen molar-refractivity contribution in [1.82, 2.24) is 14.8 Å². The molecule has 1 aromatic carbocycles. The number of fused-ring (bicyclic) bond motifs is 3. The number of H-pyrrole nitrogens is 1. The molecule has 6 atom stereocenters. The van der Waals surface area contributed by atoms with Crippen LogP contribution in [-0.2, 0) is 19.4 Å². The van der Waals surface area contributed by atoms with Crippen LogP contribution in [0, 0.1) is 34.5 Å². The molecule has 0 saturated heterocycles. The first-order valence-corrected chi connectivity index (χ1v) is 12.8. The van der Waals surface area contributed by atoms with Crippen molar-refractivity contribution in [3.05, 3.63) is 66.1 Å². The molecule has 0 spiro atoms. The third kappa shape index (κ3) is 3.10. The quantitative estimate of drug-likeness (QED) is 0.503. The smallest absolute Gasteiger partial charge is 0.0522 e. The average molecular weight is 444 g/mol. The second-order valence-electron chi connectivity index (χ2n) is 11.6. The van der Waals surface area contributed by atoms with E-state index >= 15 is 0 Å². The Bertz CT molecular complexity index is 1190. The van der Waals surface area contributed by atoms with Gasteiger partial charge >= 0.3 is 0 Å². The first kappa shape index (κ1) is 21.2. The minimum absolute atomic E-state index is 0.0739. The summed E-state index contributed by atoms with van der Waals surface area (Å²) in [6, 6.07) is 11.0. The highest BCUT2D eigenvalue weighted by atomic mass is 16.3. The number of allylic oxidation sites excluding steroid dienone is 1. The van der Waals surface area contributed by atoms with Gasteiger partial charge in [0.05, 0.1) is 6.20 Å². The molecule has 4 nitrogen and oxygen atoms in total. The normalized spacial score (nSPS) is 36.2. The van der Waals surface area contributed by atoms with Crippen molar-refractivity contribution in [2.75, 3.05) is 6.61 Å². The summed E-state index contributed by atoms with van der Waals surface area (Å²) in [6.45, 7) is 10.8. The van der Waals surface area contributed by atoms with E-state index in [4.69, 9.17) is 0 Å². The van der Waals surface area contributed by atoms with Gasteiger partial charge in [0.15, 0.2) is 0 Å². The van der Waals surface area contributed by atoms with Gasteiger partial charge in [0, 0.05) is 30.6 Å². The van der Waals surface area contributed by atoms with Crippen molar-refractivity contribution in [2.24, 2.45) is 34.5 Å². The van der Waals surface area contributed by atoms with Crippen LogP contribution in [0.5, 0.6) is 0 Å². The Kier molecular flexibility index (Phi) is 4.88. The van der Waals surface area contributed by atoms with E-state index in [0.29, 0.717) is 17.8 Å². The Morgan fingerprint density at radius 3 is 2.88 bits per heavy atom. The Balaban J connectivity index is 1.43. The van der Waals surface area contributed by atoms with Crippen molar-refractivity contribution in [1.29, 1.82) is 0 Å². The SMILES string of the molecule is C=C1CC[C@H]2[C@H](Cn3ccc4ccccc43)[C@@H]([C@@]3(C)Cc4cn[nH]c4C[C@@H]3CO)CC[C@]12C. The van der Waals surface area contributed by atoms with Gasteiger partial charge in [-0.3, -0.25) is 5.10 Å². The molecule has 2 aromatic heterocycles. The first-order chi connectivity index (χ1) is 15.9. The number of nitrogens with zero attached hydrogens (tertiary/aromatic N) is 2. The minimum Gasteiger partial charge on any atom is -0.396 e. The molecule has 0 radical (unpaired) electrons. The molecule has 3 aliphatic carbocycles. The molecule has 2 fully saturated rings. The number of rotatable bonds is 4. The Morgan fingerprint density at radius 2 is 2.03 bits per heavy atom. The second kappa shape index (κ2) is 7.59. The van der Waals surface area contributed by atoms with Crippen LogP contribution in [0.15, 0.2) is 54.9 Å². The number of benzene rings is 1. The molecular formula is C29H37N3O. The molecule has 2 heterocycles. The van der Waals surface area contributed by atoms with E-state index in [2.05, 4.69) is 71.7 Å². The lowest BCUT2D eigenvalue weighted by Crippen LogP contribution is -2.52. The van der Waals surface area contributed by atoms with Crippen LogP contribution in [0.2, 0.25) is 0 Å². The van der Waals surface area contributed by atoms with Gasteiger partial charge in [0.25, 0.3) is 0 Å². The molecule has 6 rings (SSSR count). The van der Waals surface area contributed by atoms with E-state index in [9.17, 15) is 5.11 Å². The molecule has 3 aliphatic rings. The topological polar surface area (TPSA) is 53.8 Å². The highest BCUT2D eigenvalue weighted by molar-refractivity contribution is 5.79. The van der Waals surface area contributed by atoms with E-state index in [-0.39, 0.29) is 23.4 Å². The summed E-state index contributed by atoms with van der Waals surface area (Å²) in [4.78, 5) is 0. The zero-order valence-corrected chi connectivity index (χ0v) is 20.1. The van der Waals surface area contributed by atoms with Gasteiger partial charge < -0.3 is 9.67 Å². The summed E-state index contributed by atoms with van der Waals surface area (Å²) in [5.74, 6) is 2.08. The molecule has 4 heteroatoms. The zero-order chi connectivity index (χ0) is 22.8. The third-order valence-electron chi connectivity index (χ3n) is 10.3. The Labute approximate surface area is 197 Å².